The van der Waals surface area contributed by atoms with E-state index in [0.29, 0.717) is 5.82 Å². The van der Waals surface area contributed by atoms with Crippen molar-refractivity contribution in [2.75, 3.05) is 0 Å². The smallest absolute Gasteiger partial charge is 0.160 e. The first kappa shape index (κ1) is 27.1. The summed E-state index contributed by atoms with van der Waals surface area (Å²) in [6.45, 7) is 2.13. The van der Waals surface area contributed by atoms with E-state index < -0.39 is 0 Å². The molecule has 3 nitrogen and oxygen atoms in total. The summed E-state index contributed by atoms with van der Waals surface area (Å²) < 4.78 is 0. The topological polar surface area (TPSA) is 38.7 Å². The molecule has 0 saturated carbocycles. The molecule has 9 rings (SSSR count). The van der Waals surface area contributed by atoms with Crippen LogP contribution in [0, 0.1) is 6.92 Å². The Kier molecular flexibility index (Phi) is 6.36. The molecule has 0 aliphatic rings. The number of pyridine rings is 1. The van der Waals surface area contributed by atoms with E-state index in [1.165, 1.54) is 49.0 Å². The van der Waals surface area contributed by atoms with Crippen LogP contribution in [0.4, 0.5) is 0 Å². The van der Waals surface area contributed by atoms with Gasteiger partial charge in [-0.25, -0.2) is 9.97 Å². The van der Waals surface area contributed by atoms with Gasteiger partial charge in [0.2, 0.25) is 0 Å². The molecule has 0 N–H and O–H groups in total. The van der Waals surface area contributed by atoms with Crippen LogP contribution < -0.4 is 0 Å². The maximum absolute atomic E-state index is 5.19. The number of hydrogen-bond acceptors (Lipinski definition) is 3. The first-order valence-electron chi connectivity index (χ1n) is 15.9. The van der Waals surface area contributed by atoms with E-state index in [9.17, 15) is 0 Å². The zero-order valence-corrected chi connectivity index (χ0v) is 25.9. The van der Waals surface area contributed by atoms with Crippen LogP contribution in [-0.4, -0.2) is 15.0 Å². The zero-order valence-electron chi connectivity index (χ0n) is 25.9. The van der Waals surface area contributed by atoms with Crippen LogP contribution in [0.15, 0.2) is 158 Å². The van der Waals surface area contributed by atoms with Crippen LogP contribution >= 0.6 is 0 Å². The molecule has 0 aliphatic heterocycles. The second kappa shape index (κ2) is 11.0. The third-order valence-corrected chi connectivity index (χ3v) is 9.31. The Morgan fingerprint density at radius 2 is 1.06 bits per heavy atom. The predicted octanol–water partition coefficient (Wildman–Crippen LogP) is 11.4. The quantitative estimate of drug-likeness (QED) is 0.185. The lowest BCUT2D eigenvalue weighted by Gasteiger charge is -2.15. The average molecular weight is 600 g/mol. The van der Waals surface area contributed by atoms with Gasteiger partial charge in [0.25, 0.3) is 0 Å². The van der Waals surface area contributed by atoms with Crippen molar-refractivity contribution in [3.05, 3.63) is 164 Å². The van der Waals surface area contributed by atoms with Gasteiger partial charge in [-0.2, -0.15) is 0 Å². The fourth-order valence-corrected chi connectivity index (χ4v) is 6.98. The normalized spacial score (nSPS) is 11.5. The van der Waals surface area contributed by atoms with E-state index in [2.05, 4.69) is 151 Å². The van der Waals surface area contributed by atoms with Crippen molar-refractivity contribution in [2.45, 2.75) is 6.92 Å². The highest BCUT2D eigenvalue weighted by Crippen LogP contribution is 2.40. The highest BCUT2D eigenvalue weighted by atomic mass is 14.9. The first-order valence-corrected chi connectivity index (χ1v) is 15.9. The lowest BCUT2D eigenvalue weighted by atomic mass is 9.90. The molecule has 0 saturated heterocycles. The maximum atomic E-state index is 5.19. The van der Waals surface area contributed by atoms with E-state index in [1.54, 1.807) is 6.20 Å². The molecule has 0 aliphatic carbocycles. The molecule has 3 heteroatoms. The number of nitrogens with zero attached hydrogens (tertiary/aromatic N) is 3. The van der Waals surface area contributed by atoms with Gasteiger partial charge >= 0.3 is 0 Å². The van der Waals surface area contributed by atoms with Crippen molar-refractivity contribution in [1.82, 2.24) is 15.0 Å². The summed E-state index contributed by atoms with van der Waals surface area (Å²) in [5.41, 5.74) is 10.6. The van der Waals surface area contributed by atoms with E-state index in [4.69, 9.17) is 9.97 Å². The fourth-order valence-electron chi connectivity index (χ4n) is 6.98. The van der Waals surface area contributed by atoms with Crippen LogP contribution in [-0.2, 0) is 0 Å². The van der Waals surface area contributed by atoms with E-state index in [1.807, 2.05) is 12.3 Å². The fraction of sp³-hybridized carbons (Fsp3) is 0.0227. The summed E-state index contributed by atoms with van der Waals surface area (Å²) >= 11 is 0. The van der Waals surface area contributed by atoms with Gasteiger partial charge in [-0.1, -0.05) is 133 Å². The SMILES string of the molecule is Cc1ccccc1-c1cc(-c2ccccc2-c2cccnc2)nc(-c2ccc(-c3ccc4ccc5cccc6ccc3c4c56)cc2)n1. The molecule has 47 heavy (non-hydrogen) atoms. The second-order valence-electron chi connectivity index (χ2n) is 12.1. The van der Waals surface area contributed by atoms with Gasteiger partial charge in [0.1, 0.15) is 0 Å². The molecule has 0 unspecified atom stereocenters. The van der Waals surface area contributed by atoms with Gasteiger partial charge in [0.15, 0.2) is 5.82 Å². The van der Waals surface area contributed by atoms with Crippen LogP contribution in [0.3, 0.4) is 0 Å². The first-order chi connectivity index (χ1) is 23.2. The standard InChI is InChI=1S/C44H29N3/c1-28-8-2-3-12-35(28)40-26-41(38-14-5-4-13-36(38)34-11-7-25-45-27-34)47-44(46-40)33-19-15-29(16-20-33)37-23-21-32-18-17-30-9-6-10-31-22-24-39(37)43(32)42(30)31/h2-27H,1H3. The average Bonchev–Trinajstić information content (AvgIpc) is 3.14. The second-order valence-corrected chi connectivity index (χ2v) is 12.1. The Morgan fingerprint density at radius 3 is 1.81 bits per heavy atom. The molecule has 0 atom stereocenters. The van der Waals surface area contributed by atoms with Crippen molar-refractivity contribution < 1.29 is 0 Å². The largest absolute Gasteiger partial charge is 0.264 e. The minimum atomic E-state index is 0.698. The molecule has 7 aromatic carbocycles. The van der Waals surface area contributed by atoms with Gasteiger partial charge in [-0.05, 0) is 73.6 Å². The molecule has 0 bridgehead atoms. The van der Waals surface area contributed by atoms with Crippen molar-refractivity contribution in [3.63, 3.8) is 0 Å². The predicted molar refractivity (Wildman–Crippen MR) is 195 cm³/mol. The zero-order chi connectivity index (χ0) is 31.3. The van der Waals surface area contributed by atoms with Crippen LogP contribution in [0.25, 0.3) is 88.5 Å². The molecular weight excluding hydrogens is 571 g/mol. The van der Waals surface area contributed by atoms with Crippen molar-refractivity contribution in [2.24, 2.45) is 0 Å². The van der Waals surface area contributed by atoms with Crippen LogP contribution in [0.1, 0.15) is 5.56 Å². The lowest BCUT2D eigenvalue weighted by Crippen LogP contribution is -1.98. The molecule has 0 spiro atoms. The maximum Gasteiger partial charge on any atom is 0.160 e. The third-order valence-electron chi connectivity index (χ3n) is 9.31. The van der Waals surface area contributed by atoms with Crippen LogP contribution in [0.2, 0.25) is 0 Å². The highest BCUT2D eigenvalue weighted by molar-refractivity contribution is 6.25. The van der Waals surface area contributed by atoms with Gasteiger partial charge in [-0.15, -0.1) is 0 Å². The van der Waals surface area contributed by atoms with Crippen LogP contribution in [0.5, 0.6) is 0 Å². The van der Waals surface area contributed by atoms with Gasteiger partial charge < -0.3 is 0 Å². The number of aryl methyl sites for hydroxylation is 1. The van der Waals surface area contributed by atoms with Crippen molar-refractivity contribution in [3.8, 4) is 56.2 Å². The third kappa shape index (κ3) is 4.63. The number of benzene rings is 7. The molecule has 2 aromatic heterocycles. The van der Waals surface area contributed by atoms with E-state index in [-0.39, 0.29) is 0 Å². The van der Waals surface area contributed by atoms with Gasteiger partial charge in [0.05, 0.1) is 11.4 Å². The van der Waals surface area contributed by atoms with Crippen molar-refractivity contribution >= 4 is 32.3 Å². The van der Waals surface area contributed by atoms with E-state index >= 15 is 0 Å². The molecule has 0 radical (unpaired) electrons. The summed E-state index contributed by atoms with van der Waals surface area (Å²) in [6, 6.07) is 51.7. The Labute approximate surface area is 273 Å². The van der Waals surface area contributed by atoms with E-state index in [0.717, 1.165) is 39.2 Å². The molecule has 9 aromatic rings. The Bertz CT molecular complexity index is 2550. The Morgan fingerprint density at radius 1 is 0.426 bits per heavy atom. The molecule has 220 valence electrons. The number of aromatic nitrogens is 3. The minimum Gasteiger partial charge on any atom is -0.264 e. The monoisotopic (exact) mass is 599 g/mol. The molecule has 0 amide bonds. The minimum absolute atomic E-state index is 0.698. The van der Waals surface area contributed by atoms with Gasteiger partial charge in [-0.3, -0.25) is 4.98 Å². The lowest BCUT2D eigenvalue weighted by molar-refractivity contribution is 1.18. The molecule has 2 heterocycles. The van der Waals surface area contributed by atoms with Gasteiger partial charge in [0, 0.05) is 34.6 Å². The summed E-state index contributed by atoms with van der Waals surface area (Å²) in [5, 5.41) is 7.76. The summed E-state index contributed by atoms with van der Waals surface area (Å²) in [5.74, 6) is 0.698. The summed E-state index contributed by atoms with van der Waals surface area (Å²) in [4.78, 5) is 14.7. The molecule has 0 fully saturated rings. The number of rotatable bonds is 5. The summed E-state index contributed by atoms with van der Waals surface area (Å²) in [7, 11) is 0. The summed E-state index contributed by atoms with van der Waals surface area (Å²) in [6.07, 6.45) is 3.71. The Hall–Kier alpha value is -6.19. The highest BCUT2D eigenvalue weighted by Gasteiger charge is 2.16. The number of hydrogen-bond donors (Lipinski definition) is 0. The molecular formula is C44H29N3. The Balaban J connectivity index is 1.19. The van der Waals surface area contributed by atoms with Crippen molar-refractivity contribution in [1.29, 1.82) is 0 Å².